The van der Waals surface area contributed by atoms with Crippen molar-refractivity contribution in [2.75, 3.05) is 7.11 Å². The number of ether oxygens (including phenoxy) is 1. The molecule has 0 unspecified atom stereocenters. The number of hydrogen-bond acceptors (Lipinski definition) is 3. The Balaban J connectivity index is 1.83. The first-order valence-electron chi connectivity index (χ1n) is 8.54. The van der Waals surface area contributed by atoms with Crippen molar-refractivity contribution in [3.8, 4) is 5.75 Å². The number of nitrogens with one attached hydrogen (secondary N) is 1. The van der Waals surface area contributed by atoms with Gasteiger partial charge in [0.05, 0.1) is 18.0 Å². The minimum absolute atomic E-state index is 0.0154. The molecule has 2 heterocycles. The van der Waals surface area contributed by atoms with Gasteiger partial charge in [-0.15, -0.1) is 0 Å². The molecule has 0 aliphatic heterocycles. The summed E-state index contributed by atoms with van der Waals surface area (Å²) in [5, 5.41) is 1.70. The quantitative estimate of drug-likeness (QED) is 0.606. The van der Waals surface area contributed by atoms with Crippen LogP contribution in [0.2, 0.25) is 0 Å². The molecule has 0 amide bonds. The van der Waals surface area contributed by atoms with E-state index in [1.807, 2.05) is 67.7 Å². The van der Waals surface area contributed by atoms with E-state index in [2.05, 4.69) is 9.97 Å². The minimum Gasteiger partial charge on any atom is -0.497 e. The number of H-pyrrole nitrogens is 1. The molecular formula is C21H19N3O2. The average molecular weight is 345 g/mol. The summed E-state index contributed by atoms with van der Waals surface area (Å²) < 4.78 is 7.00. The zero-order chi connectivity index (χ0) is 18.1. The predicted octanol–water partition coefficient (Wildman–Crippen LogP) is 4.08. The Morgan fingerprint density at radius 2 is 2.00 bits per heavy atom. The first kappa shape index (κ1) is 16.1. The summed E-state index contributed by atoms with van der Waals surface area (Å²) in [7, 11) is 1.66. The van der Waals surface area contributed by atoms with Crippen molar-refractivity contribution in [3.05, 3.63) is 70.4 Å². The summed E-state index contributed by atoms with van der Waals surface area (Å²) in [6, 6.07) is 13.3. The van der Waals surface area contributed by atoms with Crippen LogP contribution in [-0.2, 0) is 6.54 Å². The lowest BCUT2D eigenvalue weighted by atomic mass is 10.1. The maximum Gasteiger partial charge on any atom is 0.261 e. The van der Waals surface area contributed by atoms with Gasteiger partial charge in [0.1, 0.15) is 11.6 Å². The van der Waals surface area contributed by atoms with E-state index in [4.69, 9.17) is 4.74 Å². The normalized spacial score (nSPS) is 11.6. The number of fused-ring (bicyclic) bond motifs is 2. The van der Waals surface area contributed by atoms with E-state index in [0.29, 0.717) is 23.3 Å². The van der Waals surface area contributed by atoms with Crippen LogP contribution in [-0.4, -0.2) is 21.6 Å². The van der Waals surface area contributed by atoms with E-state index in [-0.39, 0.29) is 5.56 Å². The Hall–Kier alpha value is -3.34. The molecule has 5 nitrogen and oxygen atoms in total. The highest BCUT2D eigenvalue weighted by molar-refractivity contribution is 5.92. The molecule has 4 rings (SSSR count). The van der Waals surface area contributed by atoms with Gasteiger partial charge in [0.15, 0.2) is 0 Å². The first-order chi connectivity index (χ1) is 12.7. The van der Waals surface area contributed by atoms with Gasteiger partial charge in [-0.2, -0.15) is 0 Å². The second-order valence-electron chi connectivity index (χ2n) is 6.03. The van der Waals surface area contributed by atoms with Gasteiger partial charge in [-0.05, 0) is 49.4 Å². The number of aromatic nitrogens is 3. The Morgan fingerprint density at radius 3 is 2.81 bits per heavy atom. The smallest absolute Gasteiger partial charge is 0.261 e. The molecular weight excluding hydrogens is 326 g/mol. The second kappa shape index (κ2) is 6.52. The van der Waals surface area contributed by atoms with Crippen molar-refractivity contribution >= 4 is 34.0 Å². The molecule has 26 heavy (non-hydrogen) atoms. The van der Waals surface area contributed by atoms with Crippen molar-refractivity contribution in [2.24, 2.45) is 0 Å². The number of para-hydroxylation sites is 1. The van der Waals surface area contributed by atoms with Crippen molar-refractivity contribution in [2.45, 2.75) is 13.5 Å². The Morgan fingerprint density at radius 1 is 1.15 bits per heavy atom. The van der Waals surface area contributed by atoms with Crippen molar-refractivity contribution in [3.63, 3.8) is 0 Å². The summed E-state index contributed by atoms with van der Waals surface area (Å²) in [5.74, 6) is 1.45. The highest BCUT2D eigenvalue weighted by Gasteiger charge is 2.08. The fraction of sp³-hybridized carbons (Fsp3) is 0.143. The van der Waals surface area contributed by atoms with Crippen LogP contribution < -0.4 is 10.3 Å². The molecule has 0 bridgehead atoms. The molecule has 0 spiro atoms. The lowest BCUT2D eigenvalue weighted by molar-refractivity contribution is 0.415. The zero-order valence-electron chi connectivity index (χ0n) is 14.7. The largest absolute Gasteiger partial charge is 0.497 e. The summed E-state index contributed by atoms with van der Waals surface area (Å²) in [6.45, 7) is 2.52. The molecule has 0 aliphatic rings. The third-order valence-electron chi connectivity index (χ3n) is 4.54. The third kappa shape index (κ3) is 2.67. The van der Waals surface area contributed by atoms with E-state index >= 15 is 0 Å². The number of hydrogen-bond donors (Lipinski definition) is 1. The molecule has 0 atom stereocenters. The molecule has 2 aromatic carbocycles. The van der Waals surface area contributed by atoms with Gasteiger partial charge in [0, 0.05) is 29.2 Å². The van der Waals surface area contributed by atoms with E-state index in [1.54, 1.807) is 11.7 Å². The van der Waals surface area contributed by atoms with Crippen molar-refractivity contribution in [1.82, 2.24) is 14.5 Å². The van der Waals surface area contributed by atoms with Crippen molar-refractivity contribution in [1.29, 1.82) is 0 Å². The lowest BCUT2D eigenvalue weighted by Crippen LogP contribution is -2.22. The van der Waals surface area contributed by atoms with E-state index < -0.39 is 0 Å². The maximum absolute atomic E-state index is 12.7. The molecule has 0 saturated carbocycles. The van der Waals surface area contributed by atoms with Gasteiger partial charge in [0.25, 0.3) is 5.56 Å². The van der Waals surface area contributed by atoms with Crippen LogP contribution in [0.1, 0.15) is 18.3 Å². The average Bonchev–Trinajstić information content (AvgIpc) is 3.08. The van der Waals surface area contributed by atoms with Crippen LogP contribution in [0.15, 0.2) is 53.5 Å². The fourth-order valence-electron chi connectivity index (χ4n) is 3.17. The van der Waals surface area contributed by atoms with Crippen LogP contribution in [0, 0.1) is 0 Å². The molecule has 0 fully saturated rings. The van der Waals surface area contributed by atoms with Crippen LogP contribution in [0.4, 0.5) is 0 Å². The predicted molar refractivity (Wildman–Crippen MR) is 105 cm³/mol. The van der Waals surface area contributed by atoms with E-state index in [9.17, 15) is 4.79 Å². The molecule has 0 aliphatic carbocycles. The highest BCUT2D eigenvalue weighted by atomic mass is 16.5. The number of rotatable bonds is 4. The summed E-state index contributed by atoms with van der Waals surface area (Å²) in [6.07, 6.45) is 5.80. The summed E-state index contributed by atoms with van der Waals surface area (Å²) >= 11 is 0. The van der Waals surface area contributed by atoms with E-state index in [1.165, 1.54) is 0 Å². The monoisotopic (exact) mass is 345 g/mol. The highest BCUT2D eigenvalue weighted by Crippen LogP contribution is 2.25. The molecule has 2 aromatic heterocycles. The maximum atomic E-state index is 12.7. The third-order valence-corrected chi connectivity index (χ3v) is 4.54. The van der Waals surface area contributed by atoms with Gasteiger partial charge < -0.3 is 9.72 Å². The van der Waals surface area contributed by atoms with Crippen LogP contribution in [0.5, 0.6) is 5.75 Å². The molecule has 0 radical (unpaired) electrons. The van der Waals surface area contributed by atoms with Gasteiger partial charge >= 0.3 is 0 Å². The topological polar surface area (TPSA) is 59.9 Å². The number of methoxy groups -OCH3 is 1. The second-order valence-corrected chi connectivity index (χ2v) is 6.03. The molecule has 130 valence electrons. The first-order valence-corrected chi connectivity index (χ1v) is 8.54. The molecule has 0 saturated heterocycles. The van der Waals surface area contributed by atoms with Gasteiger partial charge in [-0.25, -0.2) is 4.98 Å². The van der Waals surface area contributed by atoms with Gasteiger partial charge in [0.2, 0.25) is 0 Å². The van der Waals surface area contributed by atoms with E-state index in [0.717, 1.165) is 22.2 Å². The minimum atomic E-state index is -0.0154. The Bertz CT molecular complexity index is 1190. The van der Waals surface area contributed by atoms with Gasteiger partial charge in [-0.3, -0.25) is 9.36 Å². The van der Waals surface area contributed by atoms with Crippen LogP contribution >= 0.6 is 0 Å². The standard InChI is InChI=1S/C21H19N3O2/c1-3-24-20(23-19-7-5-4-6-16(19)21(24)25)11-8-14-13-22-18-10-9-15(26-2)12-17(14)18/h4-13,22H,3H2,1-2H3. The van der Waals surface area contributed by atoms with Gasteiger partial charge in [-0.1, -0.05) is 12.1 Å². The number of benzene rings is 2. The number of nitrogens with zero attached hydrogens (tertiary/aromatic N) is 2. The zero-order valence-corrected chi connectivity index (χ0v) is 14.7. The summed E-state index contributed by atoms with van der Waals surface area (Å²) in [5.41, 5.74) is 2.74. The number of aromatic amines is 1. The Kier molecular flexibility index (Phi) is 4.05. The molecule has 1 N–H and O–H groups in total. The van der Waals surface area contributed by atoms with Crippen LogP contribution in [0.3, 0.4) is 0 Å². The summed E-state index contributed by atoms with van der Waals surface area (Å²) in [4.78, 5) is 20.6. The fourth-order valence-corrected chi connectivity index (χ4v) is 3.17. The lowest BCUT2D eigenvalue weighted by Gasteiger charge is -2.08. The molecule has 4 aromatic rings. The molecule has 5 heteroatoms. The SMILES string of the molecule is CCn1c(C=Cc2c[nH]c3ccc(OC)cc23)nc2ccccc2c1=O. The van der Waals surface area contributed by atoms with Crippen LogP contribution in [0.25, 0.3) is 34.0 Å². The van der Waals surface area contributed by atoms with Crippen molar-refractivity contribution < 1.29 is 4.74 Å². The Labute approximate surface area is 150 Å².